The molecule has 0 radical (unpaired) electrons. The maximum atomic E-state index is 12.9. The molecule has 1 heterocycles. The predicted octanol–water partition coefficient (Wildman–Crippen LogP) is -1.49. The summed E-state index contributed by atoms with van der Waals surface area (Å²) in [4.78, 5) is 56.6. The van der Waals surface area contributed by atoms with Crippen LogP contribution in [0, 0.1) is 0 Å². The zero-order valence-electron chi connectivity index (χ0n) is 20.2. The van der Waals surface area contributed by atoms with Crippen LogP contribution in [-0.4, -0.2) is 91.8 Å². The lowest BCUT2D eigenvalue weighted by Gasteiger charge is -2.24. The van der Waals surface area contributed by atoms with Crippen molar-refractivity contribution in [2.24, 2.45) is 5.73 Å². The number of nitrogens with one attached hydrogen (secondary N) is 4. The van der Waals surface area contributed by atoms with Crippen LogP contribution in [0.5, 0.6) is 5.75 Å². The van der Waals surface area contributed by atoms with Gasteiger partial charge < -0.3 is 42.0 Å². The first-order valence-corrected chi connectivity index (χ1v) is 12.8. The van der Waals surface area contributed by atoms with E-state index in [1.54, 1.807) is 0 Å². The molecule has 2 rings (SSSR count). The first-order chi connectivity index (χ1) is 17.6. The second kappa shape index (κ2) is 14.8. The van der Waals surface area contributed by atoms with Gasteiger partial charge in [0.1, 0.15) is 23.9 Å². The Bertz CT molecular complexity index is 1030. The molecule has 0 saturated carbocycles. The number of benzene rings is 1. The number of phenolic OH excluding ortho intramolecular Hbond substituents is 1. The number of aliphatic hydroxyl groups is 1. The summed E-state index contributed by atoms with van der Waals surface area (Å²) in [6, 6.07) is 0.988. The minimum Gasteiger partial charge on any atom is -0.508 e. The molecule has 9 N–H and O–H groups in total. The fourth-order valence-electron chi connectivity index (χ4n) is 3.32. The third-order valence-corrected chi connectivity index (χ3v) is 6.03. The SMILES string of the molecule is CSCC[C@H](NC(=O)[C@@H](N)Cc1cnc[nH]1)C(=O)N[C@@H](CO)C(=O)N[C@@H](Cc1ccc(O)cc1)C(=O)O. The van der Waals surface area contributed by atoms with Gasteiger partial charge in [0.05, 0.1) is 19.0 Å². The lowest BCUT2D eigenvalue weighted by molar-refractivity contribution is -0.142. The molecule has 1 aromatic heterocycles. The highest BCUT2D eigenvalue weighted by molar-refractivity contribution is 7.98. The Hall–Kier alpha value is -3.62. The van der Waals surface area contributed by atoms with Crippen LogP contribution >= 0.6 is 11.8 Å². The van der Waals surface area contributed by atoms with E-state index in [2.05, 4.69) is 25.9 Å². The van der Waals surface area contributed by atoms with Crippen LogP contribution in [-0.2, 0) is 32.0 Å². The van der Waals surface area contributed by atoms with Gasteiger partial charge in [0, 0.05) is 24.7 Å². The van der Waals surface area contributed by atoms with Crippen molar-refractivity contribution >= 4 is 35.5 Å². The molecule has 2 aromatic rings. The summed E-state index contributed by atoms with van der Waals surface area (Å²) in [6.45, 7) is -0.800. The number of nitrogens with zero attached hydrogens (tertiary/aromatic N) is 1. The summed E-state index contributed by atoms with van der Waals surface area (Å²) in [5.74, 6) is -3.02. The van der Waals surface area contributed by atoms with Gasteiger partial charge >= 0.3 is 5.97 Å². The molecular formula is C23H32N6O7S. The molecule has 13 nitrogen and oxygen atoms in total. The van der Waals surface area contributed by atoms with E-state index in [9.17, 15) is 34.5 Å². The zero-order chi connectivity index (χ0) is 27.4. The lowest BCUT2D eigenvalue weighted by Crippen LogP contribution is -2.58. The predicted molar refractivity (Wildman–Crippen MR) is 136 cm³/mol. The monoisotopic (exact) mass is 536 g/mol. The maximum Gasteiger partial charge on any atom is 0.326 e. The highest BCUT2D eigenvalue weighted by atomic mass is 32.2. The number of carboxylic acids is 1. The number of amides is 3. The normalized spacial score (nSPS) is 14.1. The highest BCUT2D eigenvalue weighted by Crippen LogP contribution is 2.12. The number of imidazole rings is 1. The molecule has 0 aliphatic carbocycles. The molecule has 4 atom stereocenters. The third-order valence-electron chi connectivity index (χ3n) is 5.38. The Labute approximate surface area is 217 Å². The van der Waals surface area contributed by atoms with Crippen LogP contribution in [0.15, 0.2) is 36.8 Å². The van der Waals surface area contributed by atoms with Gasteiger partial charge in [-0.1, -0.05) is 12.1 Å². The molecule has 1 aromatic carbocycles. The summed E-state index contributed by atoms with van der Waals surface area (Å²) in [5.41, 5.74) is 7.13. The molecule has 0 aliphatic heterocycles. The number of rotatable bonds is 15. The van der Waals surface area contributed by atoms with Gasteiger partial charge in [0.2, 0.25) is 17.7 Å². The fraction of sp³-hybridized carbons (Fsp3) is 0.435. The smallest absolute Gasteiger partial charge is 0.326 e. The van der Waals surface area contributed by atoms with Gasteiger partial charge in [-0.05, 0) is 36.1 Å². The number of H-pyrrole nitrogens is 1. The van der Waals surface area contributed by atoms with E-state index in [4.69, 9.17) is 5.73 Å². The number of carboxylic acid groups (broad SMARTS) is 1. The van der Waals surface area contributed by atoms with Crippen LogP contribution in [0.4, 0.5) is 0 Å². The van der Waals surface area contributed by atoms with E-state index in [-0.39, 0.29) is 25.0 Å². The standard InChI is InChI=1S/C23H32N6O7S/c1-37-7-6-17(27-20(32)16(24)9-14-10-25-12-26-14)21(33)29-19(11-30)22(34)28-18(23(35)36)8-13-2-4-15(31)5-3-13/h2-5,10,12,16-19,30-31H,6-9,11,24H2,1H3,(H,25,26)(H,27,32)(H,28,34)(H,29,33)(H,35,36)/t16-,17-,18-,19-/m0/s1. The van der Waals surface area contributed by atoms with Gasteiger partial charge in [0.25, 0.3) is 0 Å². The molecule has 14 heteroatoms. The quantitative estimate of drug-likeness (QED) is 0.132. The van der Waals surface area contributed by atoms with Crippen molar-refractivity contribution in [2.45, 2.75) is 43.4 Å². The van der Waals surface area contributed by atoms with E-state index >= 15 is 0 Å². The molecule has 0 unspecified atom stereocenters. The van der Waals surface area contributed by atoms with Crippen LogP contribution in [0.3, 0.4) is 0 Å². The molecule has 0 saturated heterocycles. The number of aromatic hydroxyl groups is 1. The van der Waals surface area contributed by atoms with Gasteiger partial charge in [-0.15, -0.1) is 0 Å². The van der Waals surface area contributed by atoms with Crippen molar-refractivity contribution in [1.29, 1.82) is 0 Å². The number of hydrogen-bond acceptors (Lipinski definition) is 9. The number of carbonyl (C=O) groups excluding carboxylic acids is 3. The lowest BCUT2D eigenvalue weighted by atomic mass is 10.1. The summed E-state index contributed by atoms with van der Waals surface area (Å²) in [6.07, 6.45) is 5.12. The summed E-state index contributed by atoms with van der Waals surface area (Å²) in [7, 11) is 0. The summed E-state index contributed by atoms with van der Waals surface area (Å²) < 4.78 is 0. The molecule has 0 spiro atoms. The van der Waals surface area contributed by atoms with Crippen molar-refractivity contribution < 1.29 is 34.5 Å². The van der Waals surface area contributed by atoms with Crippen molar-refractivity contribution in [3.8, 4) is 5.75 Å². The van der Waals surface area contributed by atoms with E-state index < -0.39 is 54.5 Å². The van der Waals surface area contributed by atoms with Crippen molar-refractivity contribution in [1.82, 2.24) is 25.9 Å². The van der Waals surface area contributed by atoms with Gasteiger partial charge in [-0.2, -0.15) is 11.8 Å². The molecule has 0 bridgehead atoms. The Morgan fingerprint density at radius 2 is 1.62 bits per heavy atom. The molecular weight excluding hydrogens is 504 g/mol. The Balaban J connectivity index is 2.02. The molecule has 0 fully saturated rings. The third kappa shape index (κ3) is 9.74. The molecule has 202 valence electrons. The van der Waals surface area contributed by atoms with E-state index in [1.807, 2.05) is 6.26 Å². The topological polar surface area (TPSA) is 220 Å². The Kier molecular flexibility index (Phi) is 11.9. The summed E-state index contributed by atoms with van der Waals surface area (Å²) >= 11 is 1.45. The van der Waals surface area contributed by atoms with Crippen LogP contribution in [0.25, 0.3) is 0 Å². The number of aliphatic hydroxyl groups excluding tert-OH is 1. The minimum absolute atomic E-state index is 0.00750. The van der Waals surface area contributed by atoms with Crippen LogP contribution in [0.2, 0.25) is 0 Å². The summed E-state index contributed by atoms with van der Waals surface area (Å²) in [5, 5.41) is 35.9. The average molecular weight is 537 g/mol. The number of carbonyl (C=O) groups is 4. The fourth-order valence-corrected chi connectivity index (χ4v) is 3.79. The molecule has 37 heavy (non-hydrogen) atoms. The number of aromatic nitrogens is 2. The Morgan fingerprint density at radius 3 is 2.19 bits per heavy atom. The first kappa shape index (κ1) is 29.6. The van der Waals surface area contributed by atoms with Gasteiger partial charge in [-0.25, -0.2) is 9.78 Å². The second-order valence-electron chi connectivity index (χ2n) is 8.24. The maximum absolute atomic E-state index is 12.9. The number of thioether (sulfide) groups is 1. The average Bonchev–Trinajstić information content (AvgIpc) is 3.38. The number of hydrogen-bond donors (Lipinski definition) is 8. The van der Waals surface area contributed by atoms with E-state index in [1.165, 1.54) is 48.6 Å². The minimum atomic E-state index is -1.46. The number of aromatic amines is 1. The molecule has 0 aliphatic rings. The van der Waals surface area contributed by atoms with Gasteiger partial charge in [-0.3, -0.25) is 14.4 Å². The van der Waals surface area contributed by atoms with Crippen molar-refractivity contribution in [3.63, 3.8) is 0 Å². The van der Waals surface area contributed by atoms with E-state index in [0.717, 1.165) is 0 Å². The largest absolute Gasteiger partial charge is 0.508 e. The van der Waals surface area contributed by atoms with Crippen LogP contribution < -0.4 is 21.7 Å². The molecule has 3 amide bonds. The van der Waals surface area contributed by atoms with E-state index in [0.29, 0.717) is 17.0 Å². The zero-order valence-corrected chi connectivity index (χ0v) is 21.0. The Morgan fingerprint density at radius 1 is 1.00 bits per heavy atom. The van der Waals surface area contributed by atoms with Gasteiger partial charge in [0.15, 0.2) is 0 Å². The number of aliphatic carboxylic acids is 1. The first-order valence-electron chi connectivity index (χ1n) is 11.4. The van der Waals surface area contributed by atoms with Crippen LogP contribution in [0.1, 0.15) is 17.7 Å². The highest BCUT2D eigenvalue weighted by Gasteiger charge is 2.30. The number of nitrogens with two attached hydrogens (primary N) is 1. The van der Waals surface area contributed by atoms with Crippen molar-refractivity contribution in [3.05, 3.63) is 48.0 Å². The second-order valence-corrected chi connectivity index (χ2v) is 9.23. The number of phenols is 1. The van der Waals surface area contributed by atoms with Crippen molar-refractivity contribution in [2.75, 3.05) is 18.6 Å².